The van der Waals surface area contributed by atoms with E-state index in [0.29, 0.717) is 19.1 Å². The second-order valence-electron chi connectivity index (χ2n) is 9.97. The molecule has 2 aromatic carbocycles. The Morgan fingerprint density at radius 3 is 2.59 bits per heavy atom. The largest absolute Gasteiger partial charge is 0.365 e. The first-order valence-corrected chi connectivity index (χ1v) is 12.9. The molecule has 1 aromatic heterocycles. The van der Waals surface area contributed by atoms with Gasteiger partial charge in [-0.15, -0.1) is 0 Å². The molecule has 5 nitrogen and oxygen atoms in total. The van der Waals surface area contributed by atoms with Crippen molar-refractivity contribution in [2.45, 2.75) is 77.4 Å². The standard InChI is InChI=1S/C28H35FN4O/c1-2-3-15-32-25-14-11-22(27-30-18-24(31-27)16-20-7-5-4-6-8-20)17-26(25)33(28(32)34)19-21-9-12-23(29)13-10-21/h9-14,17,20,24H,2-8,15-16,18-19H2,1H3,(H,30,31). The lowest BCUT2D eigenvalue weighted by atomic mass is 9.85. The van der Waals surface area contributed by atoms with E-state index in [1.165, 1.54) is 50.7 Å². The summed E-state index contributed by atoms with van der Waals surface area (Å²) in [6.07, 6.45) is 9.98. The number of aromatic nitrogens is 2. The number of halogens is 1. The summed E-state index contributed by atoms with van der Waals surface area (Å²) in [6.45, 7) is 4.07. The Balaban J connectivity index is 1.42. The predicted molar refractivity (Wildman–Crippen MR) is 136 cm³/mol. The van der Waals surface area contributed by atoms with Crippen molar-refractivity contribution in [2.75, 3.05) is 6.54 Å². The normalized spacial score (nSPS) is 18.9. The summed E-state index contributed by atoms with van der Waals surface area (Å²) in [5.41, 5.74) is 3.78. The third-order valence-electron chi connectivity index (χ3n) is 7.43. The fraction of sp³-hybridized carbons (Fsp3) is 0.500. The summed E-state index contributed by atoms with van der Waals surface area (Å²) in [5, 5.41) is 3.66. The molecular formula is C28H35FN4O. The van der Waals surface area contributed by atoms with Gasteiger partial charge in [0.1, 0.15) is 11.7 Å². The van der Waals surface area contributed by atoms with Gasteiger partial charge in [0.15, 0.2) is 0 Å². The summed E-state index contributed by atoms with van der Waals surface area (Å²) in [7, 11) is 0. The zero-order valence-electron chi connectivity index (χ0n) is 20.1. The van der Waals surface area contributed by atoms with Crippen LogP contribution in [0.1, 0.15) is 69.4 Å². The molecule has 0 saturated heterocycles. The molecule has 2 aliphatic rings. The van der Waals surface area contributed by atoms with Crippen LogP contribution in [0.3, 0.4) is 0 Å². The summed E-state index contributed by atoms with van der Waals surface area (Å²) in [6, 6.07) is 13.0. The summed E-state index contributed by atoms with van der Waals surface area (Å²) < 4.78 is 17.1. The van der Waals surface area contributed by atoms with Crippen LogP contribution >= 0.6 is 0 Å². The Hall–Kier alpha value is -2.89. The van der Waals surface area contributed by atoms with Gasteiger partial charge in [-0.25, -0.2) is 9.18 Å². The minimum Gasteiger partial charge on any atom is -0.365 e. The highest BCUT2D eigenvalue weighted by Crippen LogP contribution is 2.28. The molecule has 2 heterocycles. The van der Waals surface area contributed by atoms with Crippen molar-refractivity contribution in [1.82, 2.24) is 14.5 Å². The molecule has 6 heteroatoms. The highest BCUT2D eigenvalue weighted by molar-refractivity contribution is 6.02. The highest BCUT2D eigenvalue weighted by Gasteiger charge is 2.24. The number of hydrogen-bond acceptors (Lipinski definition) is 3. The molecule has 0 radical (unpaired) electrons. The van der Waals surface area contributed by atoms with E-state index in [1.807, 2.05) is 9.13 Å². The number of benzene rings is 2. The molecule has 1 unspecified atom stereocenters. The number of unbranched alkanes of at least 4 members (excludes halogenated alkanes) is 1. The number of nitrogens with zero attached hydrogens (tertiary/aromatic N) is 3. The maximum absolute atomic E-state index is 13.4. The van der Waals surface area contributed by atoms with Crippen LogP contribution in [0.5, 0.6) is 0 Å². The van der Waals surface area contributed by atoms with Crippen LogP contribution in [0, 0.1) is 11.7 Å². The van der Waals surface area contributed by atoms with Crippen LogP contribution in [-0.2, 0) is 13.1 Å². The topological polar surface area (TPSA) is 51.3 Å². The molecule has 5 rings (SSSR count). The third kappa shape index (κ3) is 4.82. The molecule has 1 saturated carbocycles. The van der Waals surface area contributed by atoms with Gasteiger partial charge in [0, 0.05) is 18.2 Å². The predicted octanol–water partition coefficient (Wildman–Crippen LogP) is 5.48. The summed E-state index contributed by atoms with van der Waals surface area (Å²) >= 11 is 0. The zero-order valence-corrected chi connectivity index (χ0v) is 20.1. The lowest BCUT2D eigenvalue weighted by Crippen LogP contribution is -2.33. The van der Waals surface area contributed by atoms with Gasteiger partial charge < -0.3 is 5.32 Å². The van der Waals surface area contributed by atoms with Crippen LogP contribution in [0.15, 0.2) is 52.3 Å². The molecule has 1 fully saturated rings. The van der Waals surface area contributed by atoms with Crippen molar-refractivity contribution >= 4 is 16.9 Å². The SMILES string of the molecule is CCCCn1c(=O)n(Cc2ccc(F)cc2)c2cc(C3=NCC(CC4CCCCC4)N3)ccc21. The molecular weight excluding hydrogens is 427 g/mol. The molecule has 0 spiro atoms. The molecule has 3 aromatic rings. The average molecular weight is 463 g/mol. The smallest absolute Gasteiger partial charge is 0.329 e. The number of aliphatic imine (C=N–C) groups is 1. The molecule has 180 valence electrons. The fourth-order valence-electron chi connectivity index (χ4n) is 5.54. The second kappa shape index (κ2) is 10.2. The van der Waals surface area contributed by atoms with Crippen LogP contribution < -0.4 is 11.0 Å². The molecule has 1 aliphatic heterocycles. The lowest BCUT2D eigenvalue weighted by molar-refractivity contribution is 0.315. The van der Waals surface area contributed by atoms with Gasteiger partial charge in [0.25, 0.3) is 0 Å². The second-order valence-corrected chi connectivity index (χ2v) is 9.97. The van der Waals surface area contributed by atoms with Gasteiger partial charge in [-0.1, -0.05) is 57.6 Å². The van der Waals surface area contributed by atoms with Gasteiger partial charge in [-0.3, -0.25) is 14.1 Å². The van der Waals surface area contributed by atoms with E-state index >= 15 is 0 Å². The van der Waals surface area contributed by atoms with E-state index in [-0.39, 0.29) is 11.5 Å². The molecule has 0 amide bonds. The minimum atomic E-state index is -0.267. The van der Waals surface area contributed by atoms with Gasteiger partial charge in [0.2, 0.25) is 0 Å². The van der Waals surface area contributed by atoms with Crippen LogP contribution in [0.4, 0.5) is 4.39 Å². The first-order valence-electron chi connectivity index (χ1n) is 12.9. The number of aryl methyl sites for hydroxylation is 1. The van der Waals surface area contributed by atoms with E-state index < -0.39 is 0 Å². The van der Waals surface area contributed by atoms with Crippen molar-refractivity contribution in [2.24, 2.45) is 10.9 Å². The third-order valence-corrected chi connectivity index (χ3v) is 7.43. The first kappa shape index (κ1) is 22.9. The van der Waals surface area contributed by atoms with Crippen molar-refractivity contribution < 1.29 is 4.39 Å². The first-order chi connectivity index (χ1) is 16.6. The maximum Gasteiger partial charge on any atom is 0.329 e. The lowest BCUT2D eigenvalue weighted by Gasteiger charge is -2.24. The van der Waals surface area contributed by atoms with Crippen molar-refractivity contribution in [3.05, 3.63) is 69.9 Å². The Kier molecular flexibility index (Phi) is 6.84. The maximum atomic E-state index is 13.4. The van der Waals surface area contributed by atoms with Gasteiger partial charge >= 0.3 is 5.69 Å². The van der Waals surface area contributed by atoms with Gasteiger partial charge in [-0.2, -0.15) is 0 Å². The van der Waals surface area contributed by atoms with Crippen LogP contribution in [0.25, 0.3) is 11.0 Å². The van der Waals surface area contributed by atoms with E-state index in [2.05, 4.69) is 30.4 Å². The molecule has 0 bridgehead atoms. The van der Waals surface area contributed by atoms with Gasteiger partial charge in [-0.05, 0) is 54.7 Å². The molecule has 1 atom stereocenters. The van der Waals surface area contributed by atoms with Crippen molar-refractivity contribution in [3.63, 3.8) is 0 Å². The number of rotatable bonds is 8. The summed E-state index contributed by atoms with van der Waals surface area (Å²) in [4.78, 5) is 18.2. The monoisotopic (exact) mass is 462 g/mol. The number of amidine groups is 1. The Morgan fingerprint density at radius 1 is 1.03 bits per heavy atom. The van der Waals surface area contributed by atoms with E-state index in [1.54, 1.807) is 12.1 Å². The highest BCUT2D eigenvalue weighted by atomic mass is 19.1. The Morgan fingerprint density at radius 2 is 1.82 bits per heavy atom. The zero-order chi connectivity index (χ0) is 23.5. The quantitative estimate of drug-likeness (QED) is 0.482. The minimum absolute atomic E-state index is 0.0126. The number of nitrogens with one attached hydrogen (secondary N) is 1. The van der Waals surface area contributed by atoms with Crippen LogP contribution in [-0.4, -0.2) is 27.6 Å². The van der Waals surface area contributed by atoms with Crippen molar-refractivity contribution in [1.29, 1.82) is 0 Å². The van der Waals surface area contributed by atoms with E-state index in [0.717, 1.165) is 53.3 Å². The van der Waals surface area contributed by atoms with Gasteiger partial charge in [0.05, 0.1) is 24.1 Å². The fourth-order valence-corrected chi connectivity index (χ4v) is 5.54. The molecule has 1 N–H and O–H groups in total. The number of imidazole rings is 1. The van der Waals surface area contributed by atoms with E-state index in [4.69, 9.17) is 4.99 Å². The van der Waals surface area contributed by atoms with E-state index in [9.17, 15) is 9.18 Å². The Bertz CT molecular complexity index is 1220. The molecule has 34 heavy (non-hydrogen) atoms. The average Bonchev–Trinajstić information content (AvgIpc) is 3.42. The van der Waals surface area contributed by atoms with Crippen molar-refractivity contribution in [3.8, 4) is 0 Å². The number of hydrogen-bond donors (Lipinski definition) is 1. The summed E-state index contributed by atoms with van der Waals surface area (Å²) in [5.74, 6) is 1.48. The van der Waals surface area contributed by atoms with Crippen LogP contribution in [0.2, 0.25) is 0 Å². The number of fused-ring (bicyclic) bond motifs is 1. The Labute approximate surface area is 200 Å². The molecule has 1 aliphatic carbocycles.